The van der Waals surface area contributed by atoms with Gasteiger partial charge in [-0.05, 0) is 31.0 Å². The zero-order valence-electron chi connectivity index (χ0n) is 12.5. The van der Waals surface area contributed by atoms with Crippen molar-refractivity contribution in [3.05, 3.63) is 70.7 Å². The molecule has 0 amide bonds. The van der Waals surface area contributed by atoms with Gasteiger partial charge in [0.1, 0.15) is 0 Å². The van der Waals surface area contributed by atoms with E-state index < -0.39 is 0 Å². The van der Waals surface area contributed by atoms with Crippen LogP contribution in [0.5, 0.6) is 0 Å². The Labute approximate surface area is 127 Å². The van der Waals surface area contributed by atoms with Crippen molar-refractivity contribution in [2.45, 2.75) is 32.8 Å². The van der Waals surface area contributed by atoms with Crippen molar-refractivity contribution in [3.63, 3.8) is 0 Å². The summed E-state index contributed by atoms with van der Waals surface area (Å²) in [6.45, 7) is 4.30. The summed E-state index contributed by atoms with van der Waals surface area (Å²) in [6, 6.07) is 18.0. The van der Waals surface area contributed by atoms with E-state index in [-0.39, 0.29) is 6.10 Å². The lowest BCUT2D eigenvalue weighted by Gasteiger charge is -2.14. The maximum atomic E-state index is 5.54. The van der Waals surface area contributed by atoms with Crippen molar-refractivity contribution in [2.24, 2.45) is 0 Å². The first kappa shape index (κ1) is 16.7. The fourth-order valence-corrected chi connectivity index (χ4v) is 2.11. The maximum Gasteiger partial charge on any atom is 0.0821 e. The minimum atomic E-state index is 0.268. The number of rotatable bonds is 4. The highest BCUT2D eigenvalue weighted by molar-refractivity contribution is 6.30. The van der Waals surface area contributed by atoms with Crippen LogP contribution in [-0.4, -0.2) is 7.11 Å². The summed E-state index contributed by atoms with van der Waals surface area (Å²) >= 11 is 5.54. The van der Waals surface area contributed by atoms with Gasteiger partial charge in [0.2, 0.25) is 0 Å². The van der Waals surface area contributed by atoms with Gasteiger partial charge in [-0.25, -0.2) is 0 Å². The molecule has 20 heavy (non-hydrogen) atoms. The largest absolute Gasteiger partial charge is 0.377 e. The van der Waals surface area contributed by atoms with E-state index in [1.54, 1.807) is 7.11 Å². The Morgan fingerprint density at radius 3 is 2.20 bits per heavy atom. The van der Waals surface area contributed by atoms with Gasteiger partial charge in [0, 0.05) is 12.1 Å². The first-order valence-electron chi connectivity index (χ1n) is 6.97. The summed E-state index contributed by atoms with van der Waals surface area (Å²) < 4.78 is 5.43. The standard InChI is InChI=1S/C12H18O.C6H5Cl/c1-4-6-12(13-3)11-8-5-7-10(2)9-11;7-6-4-2-1-3-5-6/h5,7-9,12H,4,6H2,1-3H3;1-5H. The van der Waals surface area contributed by atoms with E-state index in [2.05, 4.69) is 38.1 Å². The Balaban J connectivity index is 0.000000240. The quantitative estimate of drug-likeness (QED) is 0.689. The highest BCUT2D eigenvalue weighted by Crippen LogP contribution is 2.22. The second-order valence-electron chi connectivity index (χ2n) is 4.72. The van der Waals surface area contributed by atoms with E-state index in [4.69, 9.17) is 16.3 Å². The molecule has 0 heterocycles. The summed E-state index contributed by atoms with van der Waals surface area (Å²) in [5.74, 6) is 0. The minimum Gasteiger partial charge on any atom is -0.377 e. The van der Waals surface area contributed by atoms with Gasteiger partial charge in [-0.1, -0.05) is 73.0 Å². The highest BCUT2D eigenvalue weighted by Gasteiger charge is 2.08. The summed E-state index contributed by atoms with van der Waals surface area (Å²) in [4.78, 5) is 0. The van der Waals surface area contributed by atoms with Crippen molar-refractivity contribution in [1.29, 1.82) is 0 Å². The fraction of sp³-hybridized carbons (Fsp3) is 0.333. The summed E-state index contributed by atoms with van der Waals surface area (Å²) in [5, 5.41) is 0.794. The normalized spacial score (nSPS) is 11.4. The molecule has 0 saturated carbocycles. The molecule has 0 aliphatic rings. The summed E-state index contributed by atoms with van der Waals surface area (Å²) in [6.07, 6.45) is 2.52. The number of benzene rings is 2. The van der Waals surface area contributed by atoms with Crippen LogP contribution in [0.4, 0.5) is 0 Å². The third-order valence-electron chi connectivity index (χ3n) is 2.98. The molecule has 2 heteroatoms. The SMILES string of the molecule is CCCC(OC)c1cccc(C)c1.Clc1ccccc1. The third-order valence-corrected chi connectivity index (χ3v) is 3.23. The molecule has 0 radical (unpaired) electrons. The van der Waals surface area contributed by atoms with Gasteiger partial charge in [-0.15, -0.1) is 0 Å². The van der Waals surface area contributed by atoms with Crippen LogP contribution in [0.3, 0.4) is 0 Å². The van der Waals surface area contributed by atoms with Crippen molar-refractivity contribution in [2.75, 3.05) is 7.11 Å². The molecule has 1 nitrogen and oxygen atoms in total. The second-order valence-corrected chi connectivity index (χ2v) is 5.16. The topological polar surface area (TPSA) is 9.23 Å². The fourth-order valence-electron chi connectivity index (χ4n) is 1.97. The van der Waals surface area contributed by atoms with Crippen LogP contribution in [0, 0.1) is 6.92 Å². The predicted molar refractivity (Wildman–Crippen MR) is 87.3 cm³/mol. The van der Waals surface area contributed by atoms with E-state index in [1.807, 2.05) is 30.3 Å². The van der Waals surface area contributed by atoms with E-state index >= 15 is 0 Å². The molecule has 0 saturated heterocycles. The molecular formula is C18H23ClO. The van der Waals surface area contributed by atoms with Gasteiger partial charge in [-0.2, -0.15) is 0 Å². The van der Waals surface area contributed by atoms with Gasteiger partial charge >= 0.3 is 0 Å². The number of hydrogen-bond donors (Lipinski definition) is 0. The Bertz CT molecular complexity index is 482. The van der Waals surface area contributed by atoms with Crippen molar-refractivity contribution >= 4 is 11.6 Å². The number of methoxy groups -OCH3 is 1. The van der Waals surface area contributed by atoms with Crippen LogP contribution >= 0.6 is 11.6 Å². The zero-order chi connectivity index (χ0) is 14.8. The van der Waals surface area contributed by atoms with Crippen LogP contribution in [0.15, 0.2) is 54.6 Å². The smallest absolute Gasteiger partial charge is 0.0821 e. The molecule has 108 valence electrons. The van der Waals surface area contributed by atoms with Gasteiger partial charge in [0.25, 0.3) is 0 Å². The molecule has 2 rings (SSSR count). The molecule has 0 aliphatic carbocycles. The van der Waals surface area contributed by atoms with Crippen molar-refractivity contribution in [1.82, 2.24) is 0 Å². The monoisotopic (exact) mass is 290 g/mol. The van der Waals surface area contributed by atoms with E-state index in [1.165, 1.54) is 11.1 Å². The molecule has 0 spiro atoms. The van der Waals surface area contributed by atoms with E-state index in [0.717, 1.165) is 17.9 Å². The van der Waals surface area contributed by atoms with Crippen molar-refractivity contribution < 1.29 is 4.74 Å². The third kappa shape index (κ3) is 6.23. The Kier molecular flexibility index (Phi) is 8.01. The Hall–Kier alpha value is -1.31. The predicted octanol–water partition coefficient (Wildman–Crippen LogP) is 5.82. The second kappa shape index (κ2) is 9.57. The van der Waals surface area contributed by atoms with Crippen molar-refractivity contribution in [3.8, 4) is 0 Å². The summed E-state index contributed by atoms with van der Waals surface area (Å²) in [5.41, 5.74) is 2.60. The van der Waals surface area contributed by atoms with Gasteiger partial charge < -0.3 is 4.74 Å². The lowest BCUT2D eigenvalue weighted by atomic mass is 10.0. The van der Waals surface area contributed by atoms with Crippen LogP contribution in [0.2, 0.25) is 5.02 Å². The average molecular weight is 291 g/mol. The van der Waals surface area contributed by atoms with E-state index in [9.17, 15) is 0 Å². The number of ether oxygens (including phenoxy) is 1. The van der Waals surface area contributed by atoms with Crippen LogP contribution < -0.4 is 0 Å². The first-order chi connectivity index (χ1) is 9.67. The van der Waals surface area contributed by atoms with Gasteiger partial charge in [0.15, 0.2) is 0 Å². The van der Waals surface area contributed by atoms with E-state index in [0.29, 0.717) is 0 Å². The molecule has 0 fully saturated rings. The molecule has 0 N–H and O–H groups in total. The lowest BCUT2D eigenvalue weighted by molar-refractivity contribution is 0.0950. The Morgan fingerprint density at radius 2 is 1.75 bits per heavy atom. The number of aryl methyl sites for hydroxylation is 1. The minimum absolute atomic E-state index is 0.268. The maximum absolute atomic E-state index is 5.54. The number of halogens is 1. The van der Waals surface area contributed by atoms with Gasteiger partial charge in [-0.3, -0.25) is 0 Å². The molecule has 2 aromatic rings. The molecule has 0 bridgehead atoms. The average Bonchev–Trinajstić information content (AvgIpc) is 2.46. The lowest BCUT2D eigenvalue weighted by Crippen LogP contribution is -2.00. The van der Waals surface area contributed by atoms with Crippen LogP contribution in [-0.2, 0) is 4.74 Å². The number of hydrogen-bond acceptors (Lipinski definition) is 1. The molecule has 0 aliphatic heterocycles. The zero-order valence-corrected chi connectivity index (χ0v) is 13.2. The Morgan fingerprint density at radius 1 is 1.05 bits per heavy atom. The van der Waals surface area contributed by atoms with Crippen LogP contribution in [0.1, 0.15) is 37.0 Å². The molecule has 0 aromatic heterocycles. The van der Waals surface area contributed by atoms with Gasteiger partial charge in [0.05, 0.1) is 6.10 Å². The molecular weight excluding hydrogens is 268 g/mol. The van der Waals surface area contributed by atoms with Crippen LogP contribution in [0.25, 0.3) is 0 Å². The molecule has 1 unspecified atom stereocenters. The summed E-state index contributed by atoms with van der Waals surface area (Å²) in [7, 11) is 1.78. The first-order valence-corrected chi connectivity index (χ1v) is 7.35. The molecule has 2 aromatic carbocycles. The molecule has 1 atom stereocenters. The highest BCUT2D eigenvalue weighted by atomic mass is 35.5.